The molecule has 0 radical (unpaired) electrons. The zero-order valence-corrected chi connectivity index (χ0v) is 4.07. The quantitative estimate of drug-likeness (QED) is 0.394. The van der Waals surface area contributed by atoms with Crippen LogP contribution < -0.4 is 10.5 Å². The van der Waals surface area contributed by atoms with Crippen molar-refractivity contribution in [3.63, 3.8) is 0 Å². The van der Waals surface area contributed by atoms with E-state index in [4.69, 9.17) is 5.73 Å². The van der Waals surface area contributed by atoms with Crippen molar-refractivity contribution in [2.75, 3.05) is 0 Å². The molecule has 0 saturated heterocycles. The first kappa shape index (κ1) is 4.38. The van der Waals surface area contributed by atoms with Gasteiger partial charge in [0.15, 0.2) is 0 Å². The predicted octanol–water partition coefficient (Wildman–Crippen LogP) is -1.85. The molecule has 0 aromatic rings. The topological polar surface area (TPSA) is 84.5 Å². The molecule has 3 N–H and O–H groups in total. The van der Waals surface area contributed by atoms with Crippen LogP contribution in [0, 0.1) is 0 Å². The fourth-order valence-electron chi connectivity index (χ4n) is 0.264. The molecule has 0 fully saturated rings. The number of nitrogens with two attached hydrogens (primary N) is 1. The lowest BCUT2D eigenvalue weighted by molar-refractivity contribution is 0.589. The van der Waals surface area contributed by atoms with Gasteiger partial charge in [0.25, 0.3) is 0 Å². The number of guanidine groups is 1. The van der Waals surface area contributed by atoms with Gasteiger partial charge in [-0.05, 0) is 0 Å². The molecule has 7 heavy (non-hydrogen) atoms. The van der Waals surface area contributed by atoms with Crippen LogP contribution in [0.4, 0.5) is 0 Å². The Labute approximate surface area is 40.4 Å². The molecule has 1 heterocycles. The van der Waals surface area contributed by atoms with Gasteiger partial charge in [0.1, 0.15) is 0 Å². The predicted molar refractivity (Wildman–Crippen MR) is 23.7 cm³/mol. The van der Waals surface area contributed by atoms with E-state index < -0.39 is 10.2 Å². The molecule has 40 valence electrons. The molecule has 0 bridgehead atoms. The van der Waals surface area contributed by atoms with E-state index in [2.05, 4.69) is 4.40 Å². The number of nitrogens with zero attached hydrogens (tertiary/aromatic N) is 1. The summed E-state index contributed by atoms with van der Waals surface area (Å²) in [6, 6.07) is 0. The highest BCUT2D eigenvalue weighted by Gasteiger charge is 2.18. The minimum absolute atomic E-state index is 0.0417. The summed E-state index contributed by atoms with van der Waals surface area (Å²) >= 11 is 0. The normalized spacial score (nSPS) is 24.3. The van der Waals surface area contributed by atoms with Gasteiger partial charge in [-0.3, -0.25) is 0 Å². The molecule has 6 heteroatoms. The molecule has 0 unspecified atom stereocenters. The second-order valence-electron chi connectivity index (χ2n) is 1.05. The summed E-state index contributed by atoms with van der Waals surface area (Å²) in [5.74, 6) is -0.0417. The van der Waals surface area contributed by atoms with Gasteiger partial charge in [0.2, 0.25) is 5.96 Å². The van der Waals surface area contributed by atoms with E-state index in [1.165, 1.54) is 0 Å². The zero-order valence-electron chi connectivity index (χ0n) is 3.25. The molecular formula is CH3N3O2S. The number of nitrogens with one attached hydrogen (secondary N) is 1. The van der Waals surface area contributed by atoms with Crippen molar-refractivity contribution in [1.29, 1.82) is 0 Å². The summed E-state index contributed by atoms with van der Waals surface area (Å²) in [7, 11) is -3.32. The van der Waals surface area contributed by atoms with Gasteiger partial charge in [0, 0.05) is 0 Å². The summed E-state index contributed by atoms with van der Waals surface area (Å²) < 4.78 is 24.6. The van der Waals surface area contributed by atoms with E-state index in [1.807, 2.05) is 4.72 Å². The van der Waals surface area contributed by atoms with Gasteiger partial charge < -0.3 is 5.73 Å². The van der Waals surface area contributed by atoms with Crippen molar-refractivity contribution in [3.8, 4) is 0 Å². The average Bonchev–Trinajstić information content (AvgIpc) is 1.27. The van der Waals surface area contributed by atoms with Crippen LogP contribution in [-0.4, -0.2) is 14.4 Å². The standard InChI is InChI=1S/CH3N3O2S/c2-1-3-7(5,6)4-1/h(H3,2,3,4). The first-order chi connectivity index (χ1) is 3.10. The molecule has 0 amide bonds. The Morgan fingerprint density at radius 3 is 2.14 bits per heavy atom. The molecule has 1 aliphatic heterocycles. The Kier molecular flexibility index (Phi) is 0.557. The second-order valence-corrected chi connectivity index (χ2v) is 2.39. The second kappa shape index (κ2) is 0.890. The van der Waals surface area contributed by atoms with Crippen molar-refractivity contribution >= 4 is 16.2 Å². The fourth-order valence-corrected chi connectivity index (χ4v) is 0.792. The van der Waals surface area contributed by atoms with E-state index in [0.29, 0.717) is 0 Å². The number of rotatable bonds is 0. The lowest BCUT2D eigenvalue weighted by Gasteiger charge is -2.08. The van der Waals surface area contributed by atoms with Crippen molar-refractivity contribution in [2.24, 2.45) is 10.1 Å². The minimum Gasteiger partial charge on any atom is -0.368 e. The summed E-state index contributed by atoms with van der Waals surface area (Å²) in [4.78, 5) is 0. The van der Waals surface area contributed by atoms with Gasteiger partial charge in [-0.25, -0.2) is 4.72 Å². The highest BCUT2D eigenvalue weighted by atomic mass is 32.2. The van der Waals surface area contributed by atoms with Gasteiger partial charge in [-0.2, -0.15) is 8.42 Å². The van der Waals surface area contributed by atoms with Gasteiger partial charge in [-0.15, -0.1) is 4.40 Å². The van der Waals surface area contributed by atoms with Crippen molar-refractivity contribution in [2.45, 2.75) is 0 Å². The maximum absolute atomic E-state index is 9.92. The lowest BCUT2D eigenvalue weighted by Crippen LogP contribution is -2.45. The Bertz CT molecular complexity index is 201. The Morgan fingerprint density at radius 2 is 2.14 bits per heavy atom. The third-order valence-corrected chi connectivity index (χ3v) is 1.36. The molecule has 0 saturated carbocycles. The summed E-state index contributed by atoms with van der Waals surface area (Å²) in [5, 5.41) is 0. The molecule has 0 spiro atoms. The van der Waals surface area contributed by atoms with Crippen LogP contribution in [0.5, 0.6) is 0 Å². The van der Waals surface area contributed by atoms with Gasteiger partial charge in [0.05, 0.1) is 0 Å². The lowest BCUT2D eigenvalue weighted by atomic mass is 11.1. The van der Waals surface area contributed by atoms with Crippen molar-refractivity contribution in [3.05, 3.63) is 0 Å². The van der Waals surface area contributed by atoms with Crippen LogP contribution in [0.1, 0.15) is 0 Å². The molecule has 1 aliphatic rings. The number of hydrogen-bond donors (Lipinski definition) is 2. The first-order valence-electron chi connectivity index (χ1n) is 1.48. The SMILES string of the molecule is NC1=NS(=O)(=O)N1. The van der Waals surface area contributed by atoms with Crippen LogP contribution in [-0.2, 0) is 10.2 Å². The molecule has 1 rings (SSSR count). The van der Waals surface area contributed by atoms with Crippen LogP contribution in [0.25, 0.3) is 0 Å². The maximum atomic E-state index is 9.92. The number of hydrogen-bond acceptors (Lipinski definition) is 3. The average molecular weight is 121 g/mol. The van der Waals surface area contributed by atoms with E-state index in [9.17, 15) is 8.42 Å². The molecule has 5 nitrogen and oxygen atoms in total. The minimum atomic E-state index is -3.32. The zero-order chi connectivity index (χ0) is 5.49. The smallest absolute Gasteiger partial charge is 0.347 e. The Morgan fingerprint density at radius 1 is 1.71 bits per heavy atom. The third-order valence-electron chi connectivity index (χ3n) is 0.452. The van der Waals surface area contributed by atoms with Crippen molar-refractivity contribution < 1.29 is 8.42 Å². The molecule has 0 aromatic carbocycles. The fraction of sp³-hybridized carbons (Fsp3) is 0. The van der Waals surface area contributed by atoms with Crippen LogP contribution in [0.15, 0.2) is 4.40 Å². The molecule has 0 aromatic heterocycles. The van der Waals surface area contributed by atoms with Crippen molar-refractivity contribution in [1.82, 2.24) is 4.72 Å². The van der Waals surface area contributed by atoms with Gasteiger partial charge >= 0.3 is 10.2 Å². The maximum Gasteiger partial charge on any atom is 0.347 e. The van der Waals surface area contributed by atoms with E-state index in [1.54, 1.807) is 0 Å². The van der Waals surface area contributed by atoms with E-state index in [0.717, 1.165) is 0 Å². The summed E-state index contributed by atoms with van der Waals surface area (Å²) in [6.07, 6.45) is 0. The van der Waals surface area contributed by atoms with Gasteiger partial charge in [-0.1, -0.05) is 0 Å². The summed E-state index contributed by atoms with van der Waals surface area (Å²) in [6.45, 7) is 0. The monoisotopic (exact) mass is 121 g/mol. The molecule has 0 aliphatic carbocycles. The van der Waals surface area contributed by atoms with Crippen LogP contribution in [0.2, 0.25) is 0 Å². The highest BCUT2D eigenvalue weighted by molar-refractivity contribution is 7.90. The molecular weight excluding hydrogens is 118 g/mol. The largest absolute Gasteiger partial charge is 0.368 e. The van der Waals surface area contributed by atoms with Crippen LogP contribution in [0.3, 0.4) is 0 Å². The Balaban J connectivity index is 3.01. The molecule has 0 atom stereocenters. The summed E-state index contributed by atoms with van der Waals surface area (Å²) in [5.41, 5.74) is 4.81. The first-order valence-corrected chi connectivity index (χ1v) is 2.92. The highest BCUT2D eigenvalue weighted by Crippen LogP contribution is 1.92. The van der Waals surface area contributed by atoms with E-state index in [-0.39, 0.29) is 5.96 Å². The van der Waals surface area contributed by atoms with E-state index >= 15 is 0 Å². The van der Waals surface area contributed by atoms with Crippen LogP contribution >= 0.6 is 0 Å². The third kappa shape index (κ3) is 0.637. The Hall–Kier alpha value is -0.780.